The Hall–Kier alpha value is -1.18. The van der Waals surface area contributed by atoms with Crippen molar-refractivity contribution < 1.29 is 17.6 Å². The normalized spacial score (nSPS) is 13.5. The monoisotopic (exact) mass is 324 g/mol. The van der Waals surface area contributed by atoms with Gasteiger partial charge < -0.3 is 5.73 Å². The quantitative estimate of drug-likeness (QED) is 0.859. The van der Waals surface area contributed by atoms with Gasteiger partial charge in [-0.2, -0.15) is 13.2 Å². The predicted molar refractivity (Wildman–Crippen MR) is 69.2 cm³/mol. The predicted octanol–water partition coefficient (Wildman–Crippen LogP) is 4.20. The number of hydrogen-bond acceptors (Lipinski definition) is 3. The lowest BCUT2D eigenvalue weighted by molar-refractivity contribution is -0.137. The summed E-state index contributed by atoms with van der Waals surface area (Å²) in [7, 11) is 0. The Morgan fingerprint density at radius 2 is 2.05 bits per heavy atom. The van der Waals surface area contributed by atoms with Gasteiger partial charge in [-0.05, 0) is 18.1 Å². The number of nitrogens with zero attached hydrogens (tertiary/aromatic N) is 1. The smallest absolute Gasteiger partial charge is 0.323 e. The number of aromatic nitrogens is 1. The van der Waals surface area contributed by atoms with Crippen molar-refractivity contribution in [3.05, 3.63) is 50.7 Å². The highest BCUT2D eigenvalue weighted by Crippen LogP contribution is 2.34. The van der Waals surface area contributed by atoms with E-state index in [0.29, 0.717) is 11.3 Å². The summed E-state index contributed by atoms with van der Waals surface area (Å²) in [5.74, 6) is -0.606. The van der Waals surface area contributed by atoms with Crippen LogP contribution in [-0.2, 0) is 12.6 Å². The molecule has 0 amide bonds. The molecule has 8 heteroatoms. The molecular formula is C12H9ClF4N2S. The molecule has 108 valence electrons. The van der Waals surface area contributed by atoms with Gasteiger partial charge in [0, 0.05) is 17.1 Å². The van der Waals surface area contributed by atoms with Gasteiger partial charge in [-0.3, -0.25) is 0 Å². The van der Waals surface area contributed by atoms with Crippen LogP contribution in [-0.4, -0.2) is 4.98 Å². The Labute approximate surface area is 121 Å². The first-order valence-corrected chi connectivity index (χ1v) is 6.70. The highest BCUT2D eigenvalue weighted by molar-refractivity contribution is 7.11. The molecule has 1 unspecified atom stereocenters. The van der Waals surface area contributed by atoms with Gasteiger partial charge in [0.15, 0.2) is 5.01 Å². The van der Waals surface area contributed by atoms with Crippen LogP contribution in [0.15, 0.2) is 24.4 Å². The van der Waals surface area contributed by atoms with Crippen molar-refractivity contribution in [2.75, 3.05) is 0 Å². The third-order valence-corrected chi connectivity index (χ3v) is 4.07. The third-order valence-electron chi connectivity index (χ3n) is 2.60. The fraction of sp³-hybridized carbons (Fsp3) is 0.250. The first-order valence-electron chi connectivity index (χ1n) is 5.50. The highest BCUT2D eigenvalue weighted by Gasteiger charge is 2.35. The number of rotatable bonds is 3. The largest absolute Gasteiger partial charge is 0.443 e. The third kappa shape index (κ3) is 3.28. The second kappa shape index (κ2) is 5.67. The van der Waals surface area contributed by atoms with Crippen molar-refractivity contribution in [1.29, 1.82) is 0 Å². The van der Waals surface area contributed by atoms with Crippen molar-refractivity contribution in [2.24, 2.45) is 5.73 Å². The summed E-state index contributed by atoms with van der Waals surface area (Å²) in [5, 5.41) is -1.01. The van der Waals surface area contributed by atoms with Crippen molar-refractivity contribution in [3.8, 4) is 0 Å². The van der Waals surface area contributed by atoms with Gasteiger partial charge in [0.05, 0.1) is 5.02 Å². The Kier molecular flexibility index (Phi) is 4.31. The fourth-order valence-electron chi connectivity index (χ4n) is 1.63. The maximum Gasteiger partial charge on any atom is 0.443 e. The lowest BCUT2D eigenvalue weighted by atomic mass is 10.1. The number of hydrogen-bond donors (Lipinski definition) is 1. The Morgan fingerprint density at radius 3 is 2.65 bits per heavy atom. The van der Waals surface area contributed by atoms with Crippen LogP contribution in [0, 0.1) is 5.82 Å². The highest BCUT2D eigenvalue weighted by atomic mass is 35.5. The zero-order valence-electron chi connectivity index (χ0n) is 9.92. The second-order valence-electron chi connectivity index (χ2n) is 4.09. The van der Waals surface area contributed by atoms with Crippen LogP contribution >= 0.6 is 22.9 Å². The van der Waals surface area contributed by atoms with Crippen LogP contribution in [0.1, 0.15) is 21.5 Å². The summed E-state index contributed by atoms with van der Waals surface area (Å²) >= 11 is 6.09. The topological polar surface area (TPSA) is 38.9 Å². The van der Waals surface area contributed by atoms with E-state index in [1.54, 1.807) is 6.07 Å². The lowest BCUT2D eigenvalue weighted by Gasteiger charge is -2.10. The molecule has 2 nitrogen and oxygen atoms in total. The van der Waals surface area contributed by atoms with Crippen LogP contribution in [0.2, 0.25) is 5.02 Å². The molecule has 1 aromatic carbocycles. The van der Waals surface area contributed by atoms with Gasteiger partial charge >= 0.3 is 6.18 Å². The molecule has 2 N–H and O–H groups in total. The lowest BCUT2D eigenvalue weighted by Crippen LogP contribution is -2.13. The van der Waals surface area contributed by atoms with Crippen LogP contribution in [0.3, 0.4) is 0 Å². The van der Waals surface area contributed by atoms with Crippen LogP contribution in [0.4, 0.5) is 17.6 Å². The van der Waals surface area contributed by atoms with Gasteiger partial charge in [0.25, 0.3) is 0 Å². The van der Waals surface area contributed by atoms with Crippen molar-refractivity contribution >= 4 is 22.9 Å². The average Bonchev–Trinajstić information content (AvgIpc) is 2.84. The first-order chi connectivity index (χ1) is 9.29. The molecule has 0 saturated heterocycles. The minimum atomic E-state index is -4.50. The van der Waals surface area contributed by atoms with E-state index < -0.39 is 23.0 Å². The molecule has 2 rings (SSSR count). The number of thiazole rings is 1. The zero-order valence-corrected chi connectivity index (χ0v) is 11.5. The molecule has 0 fully saturated rings. The molecule has 0 bridgehead atoms. The number of alkyl halides is 3. The molecule has 0 aliphatic carbocycles. The summed E-state index contributed by atoms with van der Waals surface area (Å²) < 4.78 is 51.0. The van der Waals surface area contributed by atoms with Gasteiger partial charge in [0.1, 0.15) is 5.82 Å². The van der Waals surface area contributed by atoms with Crippen molar-refractivity contribution in [2.45, 2.75) is 18.6 Å². The minimum absolute atomic E-state index is 0.0463. The molecule has 0 saturated carbocycles. The van der Waals surface area contributed by atoms with Gasteiger partial charge in [-0.15, -0.1) is 11.3 Å². The summed E-state index contributed by atoms with van der Waals surface area (Å²) in [5.41, 5.74) is 6.05. The number of nitrogens with two attached hydrogens (primary N) is 1. The molecule has 0 aliphatic rings. The van der Waals surface area contributed by atoms with E-state index in [2.05, 4.69) is 4.98 Å². The molecule has 0 spiro atoms. The van der Waals surface area contributed by atoms with E-state index >= 15 is 0 Å². The SMILES string of the molecule is NC(Cc1cccc(Cl)c1F)c1cnc(C(F)(F)F)s1. The maximum atomic E-state index is 13.7. The molecule has 1 aromatic heterocycles. The van der Waals surface area contributed by atoms with Crippen LogP contribution in [0.5, 0.6) is 0 Å². The van der Waals surface area contributed by atoms with E-state index in [9.17, 15) is 17.6 Å². The molecular weight excluding hydrogens is 316 g/mol. The maximum absolute atomic E-state index is 13.7. The standard InChI is InChI=1S/C12H9ClF4N2S/c13-7-3-1-2-6(10(7)14)4-8(18)9-5-19-11(20-9)12(15,16)17/h1-3,5,8H,4,18H2. The van der Waals surface area contributed by atoms with Gasteiger partial charge in [0.2, 0.25) is 0 Å². The van der Waals surface area contributed by atoms with Crippen molar-refractivity contribution in [3.63, 3.8) is 0 Å². The van der Waals surface area contributed by atoms with Gasteiger partial charge in [-0.25, -0.2) is 9.37 Å². The molecule has 1 heterocycles. The van der Waals surface area contributed by atoms with E-state index in [4.69, 9.17) is 17.3 Å². The number of benzene rings is 1. The molecule has 0 aliphatic heterocycles. The minimum Gasteiger partial charge on any atom is -0.323 e. The van der Waals surface area contributed by atoms with E-state index in [-0.39, 0.29) is 21.9 Å². The fourth-order valence-corrected chi connectivity index (χ4v) is 2.61. The molecule has 20 heavy (non-hydrogen) atoms. The Balaban J connectivity index is 2.18. The summed E-state index contributed by atoms with van der Waals surface area (Å²) in [4.78, 5) is 3.53. The van der Waals surface area contributed by atoms with Crippen molar-refractivity contribution in [1.82, 2.24) is 4.98 Å². The van der Waals surface area contributed by atoms with E-state index in [0.717, 1.165) is 6.20 Å². The van der Waals surface area contributed by atoms with Crippen LogP contribution in [0.25, 0.3) is 0 Å². The summed E-state index contributed by atoms with van der Waals surface area (Å²) in [6, 6.07) is 3.67. The Bertz CT molecular complexity index is 612. The van der Waals surface area contributed by atoms with E-state index in [1.165, 1.54) is 12.1 Å². The average molecular weight is 325 g/mol. The molecule has 1 atom stereocenters. The van der Waals surface area contributed by atoms with Gasteiger partial charge in [-0.1, -0.05) is 23.7 Å². The van der Waals surface area contributed by atoms with Crippen LogP contribution < -0.4 is 5.73 Å². The summed E-state index contributed by atoms with van der Waals surface area (Å²) in [6.07, 6.45) is -3.38. The number of halogens is 5. The summed E-state index contributed by atoms with van der Waals surface area (Å²) in [6.45, 7) is 0. The molecule has 2 aromatic rings. The van der Waals surface area contributed by atoms with E-state index in [1.807, 2.05) is 0 Å². The first kappa shape index (κ1) is 15.2. The zero-order chi connectivity index (χ0) is 14.9. The molecule has 0 radical (unpaired) electrons. The Morgan fingerprint density at radius 1 is 1.35 bits per heavy atom. The second-order valence-corrected chi connectivity index (χ2v) is 5.56.